The zero-order valence-electron chi connectivity index (χ0n) is 15.2. The molecule has 0 saturated carbocycles. The van der Waals surface area contributed by atoms with E-state index in [2.05, 4.69) is 4.72 Å². The topological polar surface area (TPSA) is 80.3 Å². The first-order valence-electron chi connectivity index (χ1n) is 8.40. The van der Waals surface area contributed by atoms with E-state index in [1.54, 1.807) is 11.4 Å². The van der Waals surface area contributed by atoms with Gasteiger partial charge in [-0.1, -0.05) is 18.2 Å². The van der Waals surface area contributed by atoms with Gasteiger partial charge >= 0.3 is 0 Å². The van der Waals surface area contributed by atoms with Crippen molar-refractivity contribution in [2.75, 3.05) is 6.54 Å². The van der Waals surface area contributed by atoms with Crippen molar-refractivity contribution in [3.8, 4) is 0 Å². The molecule has 1 aromatic heterocycles. The predicted octanol–water partition coefficient (Wildman–Crippen LogP) is 3.83. The van der Waals surface area contributed by atoms with Crippen LogP contribution < -0.4 is 4.72 Å². The highest BCUT2D eigenvalue weighted by molar-refractivity contribution is 7.93. The van der Waals surface area contributed by atoms with Gasteiger partial charge in [-0.3, -0.25) is 0 Å². The third kappa shape index (κ3) is 4.72. The number of halogens is 2. The highest BCUT2D eigenvalue weighted by Crippen LogP contribution is 2.31. The average molecular weight is 458 g/mol. The van der Waals surface area contributed by atoms with E-state index >= 15 is 0 Å². The Labute approximate surface area is 172 Å². The molecule has 1 heterocycles. The molecule has 0 spiro atoms. The summed E-state index contributed by atoms with van der Waals surface area (Å²) in [7, 11) is -8.04. The molecule has 1 N–H and O–H groups in total. The first kappa shape index (κ1) is 21.6. The standard InChI is InChI=1S/C19H17F2NO4S3/c1-13-11-16(21)8-9-17(13)29(25,26)22-12-18(14-4-6-15(20)7-5-14)28(23,24)19-3-2-10-27-19/h2-11,18,22H,12H2,1H3. The zero-order valence-corrected chi connectivity index (χ0v) is 17.6. The van der Waals surface area contributed by atoms with Crippen LogP contribution in [-0.4, -0.2) is 23.4 Å². The molecule has 1 unspecified atom stereocenters. The molecule has 2 aromatic carbocycles. The number of sulfonamides is 1. The molecule has 0 aliphatic rings. The summed E-state index contributed by atoms with van der Waals surface area (Å²) >= 11 is 1.01. The second-order valence-electron chi connectivity index (χ2n) is 6.28. The van der Waals surface area contributed by atoms with Crippen LogP contribution in [0.1, 0.15) is 16.4 Å². The van der Waals surface area contributed by atoms with E-state index < -0.39 is 43.3 Å². The molecule has 1 atom stereocenters. The zero-order chi connectivity index (χ0) is 21.2. The Hall–Kier alpha value is -2.14. The molecular weight excluding hydrogens is 440 g/mol. The lowest BCUT2D eigenvalue weighted by atomic mass is 10.1. The minimum absolute atomic E-state index is 0.0731. The van der Waals surface area contributed by atoms with Crippen molar-refractivity contribution in [2.45, 2.75) is 21.3 Å². The predicted molar refractivity (Wildman–Crippen MR) is 107 cm³/mol. The van der Waals surface area contributed by atoms with Crippen LogP contribution in [0.5, 0.6) is 0 Å². The second-order valence-corrected chi connectivity index (χ2v) is 11.3. The highest BCUT2D eigenvalue weighted by Gasteiger charge is 2.32. The quantitative estimate of drug-likeness (QED) is 0.585. The molecule has 3 rings (SSSR count). The van der Waals surface area contributed by atoms with Crippen molar-refractivity contribution < 1.29 is 25.6 Å². The Morgan fingerprint density at radius 3 is 2.21 bits per heavy atom. The summed E-state index contributed by atoms with van der Waals surface area (Å²) < 4.78 is 80.5. The summed E-state index contributed by atoms with van der Waals surface area (Å²) in [6, 6.07) is 11.1. The number of sulfone groups is 1. The number of aryl methyl sites for hydroxylation is 1. The fourth-order valence-corrected chi connectivity index (χ4v) is 7.07. The van der Waals surface area contributed by atoms with Crippen molar-refractivity contribution in [2.24, 2.45) is 0 Å². The van der Waals surface area contributed by atoms with Gasteiger partial charge in [0, 0.05) is 6.54 Å². The monoisotopic (exact) mass is 457 g/mol. The Kier molecular flexibility index (Phi) is 6.18. The Bertz CT molecular complexity index is 1210. The lowest BCUT2D eigenvalue weighted by molar-refractivity contribution is 0.568. The Balaban J connectivity index is 1.96. The minimum Gasteiger partial charge on any atom is -0.222 e. The van der Waals surface area contributed by atoms with Gasteiger partial charge in [0.25, 0.3) is 0 Å². The molecule has 0 saturated heterocycles. The molecule has 10 heteroatoms. The van der Waals surface area contributed by atoms with Gasteiger partial charge in [-0.2, -0.15) is 0 Å². The molecule has 0 bridgehead atoms. The third-order valence-electron chi connectivity index (χ3n) is 4.28. The lowest BCUT2D eigenvalue weighted by Gasteiger charge is -2.19. The number of thiophene rings is 1. The van der Waals surface area contributed by atoms with E-state index in [4.69, 9.17) is 0 Å². The van der Waals surface area contributed by atoms with Gasteiger partial charge in [-0.15, -0.1) is 11.3 Å². The van der Waals surface area contributed by atoms with Gasteiger partial charge in [-0.05, 0) is 59.8 Å². The van der Waals surface area contributed by atoms with E-state index in [0.717, 1.165) is 41.7 Å². The molecule has 0 fully saturated rings. The second kappa shape index (κ2) is 8.31. The molecule has 0 amide bonds. The van der Waals surface area contributed by atoms with Gasteiger partial charge in [0.2, 0.25) is 10.0 Å². The van der Waals surface area contributed by atoms with Crippen LogP contribution in [0.3, 0.4) is 0 Å². The van der Waals surface area contributed by atoms with Gasteiger partial charge in [-0.25, -0.2) is 30.3 Å². The first-order valence-corrected chi connectivity index (χ1v) is 12.3. The third-order valence-corrected chi connectivity index (χ3v) is 9.39. The van der Waals surface area contributed by atoms with Gasteiger partial charge in [0.1, 0.15) is 21.1 Å². The van der Waals surface area contributed by atoms with Crippen LogP contribution in [0.15, 0.2) is 69.1 Å². The van der Waals surface area contributed by atoms with Gasteiger partial charge < -0.3 is 0 Å². The van der Waals surface area contributed by atoms with Gasteiger partial charge in [0.15, 0.2) is 9.84 Å². The summed E-state index contributed by atoms with van der Waals surface area (Å²) in [4.78, 5) is -0.148. The van der Waals surface area contributed by atoms with Gasteiger partial charge in [0.05, 0.1) is 4.90 Å². The SMILES string of the molecule is Cc1cc(F)ccc1S(=O)(=O)NCC(c1ccc(F)cc1)S(=O)(=O)c1cccs1. The van der Waals surface area contributed by atoms with Crippen LogP contribution in [0, 0.1) is 18.6 Å². The summed E-state index contributed by atoms with van der Waals surface area (Å²) in [5.41, 5.74) is 0.440. The van der Waals surface area contributed by atoms with E-state index in [-0.39, 0.29) is 20.2 Å². The van der Waals surface area contributed by atoms with E-state index in [0.29, 0.717) is 0 Å². The molecule has 154 valence electrons. The van der Waals surface area contributed by atoms with Crippen LogP contribution >= 0.6 is 11.3 Å². The minimum atomic E-state index is -4.10. The van der Waals surface area contributed by atoms with Crippen LogP contribution in [-0.2, 0) is 19.9 Å². The maximum absolute atomic E-state index is 13.3. The average Bonchev–Trinajstić information content (AvgIpc) is 3.18. The summed E-state index contributed by atoms with van der Waals surface area (Å²) in [6.07, 6.45) is 0. The molecule has 5 nitrogen and oxygen atoms in total. The summed E-state index contributed by atoms with van der Waals surface area (Å²) in [5.74, 6) is -1.12. The molecule has 29 heavy (non-hydrogen) atoms. The van der Waals surface area contributed by atoms with Crippen molar-refractivity contribution in [3.63, 3.8) is 0 Å². The molecule has 0 aliphatic heterocycles. The lowest BCUT2D eigenvalue weighted by Crippen LogP contribution is -2.32. The first-order chi connectivity index (χ1) is 13.6. The highest BCUT2D eigenvalue weighted by atomic mass is 32.2. The van der Waals surface area contributed by atoms with E-state index in [9.17, 15) is 25.6 Å². The Morgan fingerprint density at radius 1 is 0.966 bits per heavy atom. The Morgan fingerprint density at radius 2 is 1.62 bits per heavy atom. The van der Waals surface area contributed by atoms with Crippen LogP contribution in [0.4, 0.5) is 8.78 Å². The largest absolute Gasteiger partial charge is 0.240 e. The number of hydrogen-bond donors (Lipinski definition) is 1. The van der Waals surface area contributed by atoms with Crippen molar-refractivity contribution in [3.05, 3.63) is 82.7 Å². The number of rotatable bonds is 7. The number of hydrogen-bond acceptors (Lipinski definition) is 5. The normalized spacial score (nSPS) is 13.3. The fraction of sp³-hybridized carbons (Fsp3) is 0.158. The van der Waals surface area contributed by atoms with Crippen molar-refractivity contribution in [1.82, 2.24) is 4.72 Å². The number of benzene rings is 2. The molecule has 3 aromatic rings. The van der Waals surface area contributed by atoms with Crippen molar-refractivity contribution >= 4 is 31.2 Å². The van der Waals surface area contributed by atoms with Crippen molar-refractivity contribution in [1.29, 1.82) is 0 Å². The number of nitrogens with one attached hydrogen (secondary N) is 1. The molecule has 0 aliphatic carbocycles. The molecular formula is C19H17F2NO4S3. The maximum atomic E-state index is 13.3. The summed E-state index contributed by atoms with van der Waals surface area (Å²) in [5, 5.41) is 0.331. The maximum Gasteiger partial charge on any atom is 0.240 e. The fourth-order valence-electron chi connectivity index (χ4n) is 2.83. The van der Waals surface area contributed by atoms with E-state index in [1.165, 1.54) is 25.1 Å². The van der Waals surface area contributed by atoms with E-state index in [1.807, 2.05) is 0 Å². The molecule has 0 radical (unpaired) electrons. The summed E-state index contributed by atoms with van der Waals surface area (Å²) in [6.45, 7) is 0.975. The van der Waals surface area contributed by atoms with Crippen LogP contribution in [0.2, 0.25) is 0 Å². The smallest absolute Gasteiger partial charge is 0.222 e. The van der Waals surface area contributed by atoms with Crippen LogP contribution in [0.25, 0.3) is 0 Å².